The Bertz CT molecular complexity index is 548. The van der Waals surface area contributed by atoms with Gasteiger partial charge in [-0.15, -0.1) is 11.8 Å². The maximum Gasteiger partial charge on any atom is 0.0530 e. The molecule has 1 aromatic heterocycles. The summed E-state index contributed by atoms with van der Waals surface area (Å²) < 4.78 is 1.97. The monoisotopic (exact) mass is 303 g/mol. The predicted molar refractivity (Wildman–Crippen MR) is 90.4 cm³/mol. The third kappa shape index (κ3) is 5.56. The smallest absolute Gasteiger partial charge is 0.0530 e. The number of hydrogen-bond donors (Lipinski definition) is 1. The lowest BCUT2D eigenvalue weighted by Crippen LogP contribution is -2.18. The molecule has 0 radical (unpaired) electrons. The quantitative estimate of drug-likeness (QED) is 0.749. The average molecular weight is 303 g/mol. The molecule has 0 amide bonds. The highest BCUT2D eigenvalue weighted by Gasteiger charge is 2.01. The molecular weight excluding hydrogens is 278 g/mol. The van der Waals surface area contributed by atoms with Crippen molar-refractivity contribution >= 4 is 11.8 Å². The van der Waals surface area contributed by atoms with Gasteiger partial charge in [-0.2, -0.15) is 5.10 Å². The van der Waals surface area contributed by atoms with Crippen molar-refractivity contribution < 1.29 is 0 Å². The molecule has 2 aromatic rings. The van der Waals surface area contributed by atoms with Gasteiger partial charge in [0.25, 0.3) is 0 Å². The molecule has 0 aliphatic rings. The summed E-state index contributed by atoms with van der Waals surface area (Å²) in [6.07, 6.45) is 4.09. The van der Waals surface area contributed by atoms with Crippen LogP contribution in [0, 0.1) is 5.92 Å². The highest BCUT2D eigenvalue weighted by molar-refractivity contribution is 7.98. The van der Waals surface area contributed by atoms with E-state index < -0.39 is 0 Å². The highest BCUT2D eigenvalue weighted by Crippen LogP contribution is 2.23. The standard InChI is InChI=1S/C17H25N3S/c1-4-20-12-16(11-19-20)13-21-17-7-5-6-15(8-17)10-18-9-14(2)3/h5-8,11-12,14,18H,4,9-10,13H2,1-3H3. The second kappa shape index (κ2) is 8.25. The first kappa shape index (κ1) is 16.1. The zero-order chi connectivity index (χ0) is 15.1. The van der Waals surface area contributed by atoms with E-state index in [2.05, 4.69) is 61.6 Å². The average Bonchev–Trinajstić information content (AvgIpc) is 2.93. The van der Waals surface area contributed by atoms with E-state index in [1.54, 1.807) is 0 Å². The van der Waals surface area contributed by atoms with Crippen LogP contribution in [0.15, 0.2) is 41.6 Å². The Kier molecular flexibility index (Phi) is 6.33. The first-order chi connectivity index (χ1) is 10.2. The molecule has 0 unspecified atom stereocenters. The number of aromatic nitrogens is 2. The molecule has 114 valence electrons. The van der Waals surface area contributed by atoms with Gasteiger partial charge in [0.15, 0.2) is 0 Å². The molecule has 0 saturated carbocycles. The van der Waals surface area contributed by atoms with E-state index in [1.165, 1.54) is 16.0 Å². The van der Waals surface area contributed by atoms with Crippen molar-refractivity contribution in [2.75, 3.05) is 6.54 Å². The lowest BCUT2D eigenvalue weighted by molar-refractivity contribution is 0.552. The summed E-state index contributed by atoms with van der Waals surface area (Å²) in [4.78, 5) is 1.32. The van der Waals surface area contributed by atoms with Crippen molar-refractivity contribution in [2.24, 2.45) is 5.92 Å². The first-order valence-electron chi connectivity index (χ1n) is 7.61. The molecule has 0 fully saturated rings. The van der Waals surface area contributed by atoms with Crippen LogP contribution in [0.25, 0.3) is 0 Å². The molecule has 0 saturated heterocycles. The molecule has 0 aliphatic carbocycles. The minimum Gasteiger partial charge on any atom is -0.312 e. The van der Waals surface area contributed by atoms with Gasteiger partial charge >= 0.3 is 0 Å². The number of nitrogens with one attached hydrogen (secondary N) is 1. The Morgan fingerprint density at radius 2 is 2.14 bits per heavy atom. The molecule has 21 heavy (non-hydrogen) atoms. The zero-order valence-electron chi connectivity index (χ0n) is 13.2. The van der Waals surface area contributed by atoms with E-state index in [1.807, 2.05) is 22.6 Å². The Morgan fingerprint density at radius 3 is 2.86 bits per heavy atom. The van der Waals surface area contributed by atoms with Crippen LogP contribution >= 0.6 is 11.8 Å². The highest BCUT2D eigenvalue weighted by atomic mass is 32.2. The number of rotatable bonds is 8. The minimum atomic E-state index is 0.692. The summed E-state index contributed by atoms with van der Waals surface area (Å²) in [6.45, 7) is 9.51. The fraction of sp³-hybridized carbons (Fsp3) is 0.471. The molecule has 0 aliphatic heterocycles. The summed E-state index contributed by atoms with van der Waals surface area (Å²) in [5, 5.41) is 7.81. The van der Waals surface area contributed by atoms with Crippen LogP contribution in [0.3, 0.4) is 0 Å². The van der Waals surface area contributed by atoms with E-state index in [0.29, 0.717) is 5.92 Å². The van der Waals surface area contributed by atoms with Gasteiger partial charge in [-0.1, -0.05) is 26.0 Å². The summed E-state index contributed by atoms with van der Waals surface area (Å²) in [7, 11) is 0. The van der Waals surface area contributed by atoms with Gasteiger partial charge in [0, 0.05) is 35.5 Å². The predicted octanol–water partition coefficient (Wildman–Crippen LogP) is 3.94. The van der Waals surface area contributed by atoms with Crippen LogP contribution in [0.5, 0.6) is 0 Å². The zero-order valence-corrected chi connectivity index (χ0v) is 14.0. The molecule has 1 N–H and O–H groups in total. The van der Waals surface area contributed by atoms with Crippen molar-refractivity contribution in [3.63, 3.8) is 0 Å². The van der Waals surface area contributed by atoms with E-state index in [-0.39, 0.29) is 0 Å². The Labute approximate surface area is 132 Å². The van der Waals surface area contributed by atoms with Crippen LogP contribution in [0.1, 0.15) is 31.9 Å². The van der Waals surface area contributed by atoms with Crippen LogP contribution in [-0.2, 0) is 18.8 Å². The second-order valence-corrected chi connectivity index (χ2v) is 6.71. The van der Waals surface area contributed by atoms with Gasteiger partial charge in [-0.3, -0.25) is 4.68 Å². The second-order valence-electron chi connectivity index (χ2n) is 5.67. The van der Waals surface area contributed by atoms with Gasteiger partial charge < -0.3 is 5.32 Å². The summed E-state index contributed by atoms with van der Waals surface area (Å²) in [6, 6.07) is 8.79. The van der Waals surface area contributed by atoms with Crippen molar-refractivity contribution in [3.8, 4) is 0 Å². The lowest BCUT2D eigenvalue weighted by atomic mass is 10.2. The molecular formula is C17H25N3S. The normalized spacial score (nSPS) is 11.2. The van der Waals surface area contributed by atoms with Crippen LogP contribution in [0.4, 0.5) is 0 Å². The SMILES string of the molecule is CCn1cc(CSc2cccc(CNCC(C)C)c2)cn1. The molecule has 0 bridgehead atoms. The topological polar surface area (TPSA) is 29.9 Å². The molecule has 3 nitrogen and oxygen atoms in total. The summed E-state index contributed by atoms with van der Waals surface area (Å²) in [5.74, 6) is 1.67. The number of benzene rings is 1. The largest absolute Gasteiger partial charge is 0.312 e. The number of nitrogens with zero attached hydrogens (tertiary/aromatic N) is 2. The Balaban J connectivity index is 1.85. The fourth-order valence-corrected chi connectivity index (χ4v) is 2.96. The Morgan fingerprint density at radius 1 is 1.29 bits per heavy atom. The minimum absolute atomic E-state index is 0.692. The van der Waals surface area contributed by atoms with Gasteiger partial charge in [-0.25, -0.2) is 0 Å². The Hall–Kier alpha value is -1.26. The van der Waals surface area contributed by atoms with Crippen molar-refractivity contribution in [1.29, 1.82) is 0 Å². The van der Waals surface area contributed by atoms with E-state index in [4.69, 9.17) is 0 Å². The van der Waals surface area contributed by atoms with E-state index >= 15 is 0 Å². The fourth-order valence-electron chi connectivity index (χ4n) is 2.07. The number of thioether (sulfide) groups is 1. The van der Waals surface area contributed by atoms with Crippen molar-refractivity contribution in [1.82, 2.24) is 15.1 Å². The molecule has 1 aromatic carbocycles. The van der Waals surface area contributed by atoms with Gasteiger partial charge in [0.2, 0.25) is 0 Å². The maximum atomic E-state index is 4.31. The number of hydrogen-bond acceptors (Lipinski definition) is 3. The molecule has 4 heteroatoms. The number of aryl methyl sites for hydroxylation is 1. The molecule has 1 heterocycles. The van der Waals surface area contributed by atoms with Gasteiger partial charge in [-0.05, 0) is 37.1 Å². The lowest BCUT2D eigenvalue weighted by Gasteiger charge is -2.08. The van der Waals surface area contributed by atoms with Crippen LogP contribution < -0.4 is 5.32 Å². The third-order valence-electron chi connectivity index (χ3n) is 3.20. The van der Waals surface area contributed by atoms with Crippen molar-refractivity contribution in [2.45, 2.75) is 44.5 Å². The molecule has 2 rings (SSSR count). The van der Waals surface area contributed by atoms with Gasteiger partial charge in [0.1, 0.15) is 0 Å². The third-order valence-corrected chi connectivity index (χ3v) is 4.26. The van der Waals surface area contributed by atoms with Crippen LogP contribution in [0.2, 0.25) is 0 Å². The molecule has 0 spiro atoms. The van der Waals surface area contributed by atoms with Crippen molar-refractivity contribution in [3.05, 3.63) is 47.8 Å². The van der Waals surface area contributed by atoms with Crippen LogP contribution in [-0.4, -0.2) is 16.3 Å². The summed E-state index contributed by atoms with van der Waals surface area (Å²) >= 11 is 1.87. The summed E-state index contributed by atoms with van der Waals surface area (Å²) in [5.41, 5.74) is 2.63. The molecule has 0 atom stereocenters. The maximum absolute atomic E-state index is 4.31. The first-order valence-corrected chi connectivity index (χ1v) is 8.59. The van der Waals surface area contributed by atoms with Gasteiger partial charge in [0.05, 0.1) is 6.20 Å². The van der Waals surface area contributed by atoms with E-state index in [0.717, 1.165) is 25.4 Å². The van der Waals surface area contributed by atoms with E-state index in [9.17, 15) is 0 Å².